The molecular formula is C10H22N2. The summed E-state index contributed by atoms with van der Waals surface area (Å²) in [6, 6.07) is 0.861. The van der Waals surface area contributed by atoms with Crippen molar-refractivity contribution >= 4 is 5.84 Å². The van der Waals surface area contributed by atoms with Crippen molar-refractivity contribution in [3.63, 3.8) is 0 Å². The quantitative estimate of drug-likeness (QED) is 0.512. The van der Waals surface area contributed by atoms with Gasteiger partial charge >= 0.3 is 0 Å². The molecule has 0 saturated heterocycles. The van der Waals surface area contributed by atoms with Gasteiger partial charge in [-0.15, -0.1) is 0 Å². The number of hydrogen-bond acceptors (Lipinski definition) is 1. The van der Waals surface area contributed by atoms with Crippen LogP contribution in [0.15, 0.2) is 0 Å². The van der Waals surface area contributed by atoms with Gasteiger partial charge in [0, 0.05) is 18.0 Å². The summed E-state index contributed by atoms with van der Waals surface area (Å²) < 4.78 is 0. The van der Waals surface area contributed by atoms with Gasteiger partial charge in [-0.05, 0) is 27.7 Å². The highest BCUT2D eigenvalue weighted by Crippen LogP contribution is 2.10. The molecule has 0 unspecified atom stereocenters. The van der Waals surface area contributed by atoms with E-state index in [-0.39, 0.29) is 0 Å². The van der Waals surface area contributed by atoms with Crippen LogP contribution < -0.4 is 0 Å². The van der Waals surface area contributed by atoms with Crippen molar-refractivity contribution in [3.8, 4) is 0 Å². The zero-order valence-corrected chi connectivity index (χ0v) is 9.18. The standard InChI is InChI=1S/C10H22N2/c1-7(2)10(11)12(8(3)4)9(5)6/h7-9,11H,1-6H3. The van der Waals surface area contributed by atoms with E-state index in [1.807, 2.05) is 0 Å². The summed E-state index contributed by atoms with van der Waals surface area (Å²) in [7, 11) is 0. The summed E-state index contributed by atoms with van der Waals surface area (Å²) in [5, 5.41) is 7.89. The molecule has 2 nitrogen and oxygen atoms in total. The van der Waals surface area contributed by atoms with Gasteiger partial charge in [-0.1, -0.05) is 13.8 Å². The molecule has 0 aliphatic rings. The molecule has 72 valence electrons. The second-order valence-corrected chi connectivity index (χ2v) is 4.13. The molecule has 12 heavy (non-hydrogen) atoms. The molecule has 0 atom stereocenters. The van der Waals surface area contributed by atoms with Crippen LogP contribution >= 0.6 is 0 Å². The van der Waals surface area contributed by atoms with Crippen LogP contribution in [0.3, 0.4) is 0 Å². The summed E-state index contributed by atoms with van der Waals surface area (Å²) in [5.41, 5.74) is 0. The Balaban J connectivity index is 4.41. The van der Waals surface area contributed by atoms with Gasteiger partial charge in [0.2, 0.25) is 0 Å². The fourth-order valence-electron chi connectivity index (χ4n) is 1.45. The van der Waals surface area contributed by atoms with Crippen molar-refractivity contribution in [2.75, 3.05) is 0 Å². The summed E-state index contributed by atoms with van der Waals surface area (Å²) in [4.78, 5) is 2.16. The number of hydrogen-bond donors (Lipinski definition) is 1. The van der Waals surface area contributed by atoms with Gasteiger partial charge in [-0.25, -0.2) is 0 Å². The molecule has 0 saturated carbocycles. The van der Waals surface area contributed by atoms with Gasteiger partial charge in [0.25, 0.3) is 0 Å². The average molecular weight is 170 g/mol. The number of amidine groups is 1. The third kappa shape index (κ3) is 2.84. The topological polar surface area (TPSA) is 27.1 Å². The Morgan fingerprint density at radius 2 is 1.25 bits per heavy atom. The third-order valence-electron chi connectivity index (χ3n) is 1.94. The van der Waals surface area contributed by atoms with Crippen LogP contribution in [-0.2, 0) is 0 Å². The molecule has 0 fully saturated rings. The minimum absolute atomic E-state index is 0.329. The lowest BCUT2D eigenvalue weighted by Gasteiger charge is -2.34. The molecule has 1 N–H and O–H groups in total. The number of rotatable bonds is 3. The van der Waals surface area contributed by atoms with Gasteiger partial charge in [0.15, 0.2) is 0 Å². The van der Waals surface area contributed by atoms with Crippen molar-refractivity contribution in [1.82, 2.24) is 4.90 Å². The highest BCUT2D eigenvalue weighted by atomic mass is 15.2. The van der Waals surface area contributed by atoms with Crippen LogP contribution in [0.1, 0.15) is 41.5 Å². The molecule has 0 aromatic heterocycles. The average Bonchev–Trinajstić information content (AvgIpc) is 1.85. The Kier molecular flexibility index (Phi) is 4.29. The third-order valence-corrected chi connectivity index (χ3v) is 1.94. The summed E-state index contributed by atoms with van der Waals surface area (Å²) in [6.45, 7) is 12.7. The summed E-state index contributed by atoms with van der Waals surface area (Å²) in [6.07, 6.45) is 0. The first-order chi connectivity index (χ1) is 5.37. The van der Waals surface area contributed by atoms with Gasteiger partial charge in [0.05, 0.1) is 5.84 Å². The Morgan fingerprint density at radius 3 is 1.33 bits per heavy atom. The van der Waals surface area contributed by atoms with Crippen LogP contribution in [0.5, 0.6) is 0 Å². The SMILES string of the molecule is CC(C)C(=N)N(C(C)C)C(C)C. The van der Waals surface area contributed by atoms with E-state index in [1.54, 1.807) is 0 Å². The van der Waals surface area contributed by atoms with Crippen molar-refractivity contribution in [2.24, 2.45) is 5.92 Å². The fourth-order valence-corrected chi connectivity index (χ4v) is 1.45. The van der Waals surface area contributed by atoms with E-state index in [4.69, 9.17) is 5.41 Å². The van der Waals surface area contributed by atoms with Crippen LogP contribution in [0.4, 0.5) is 0 Å². The summed E-state index contributed by atoms with van der Waals surface area (Å²) in [5.74, 6) is 1.08. The number of nitrogens with zero attached hydrogens (tertiary/aromatic N) is 1. The lowest BCUT2D eigenvalue weighted by Crippen LogP contribution is -2.43. The van der Waals surface area contributed by atoms with Crippen LogP contribution in [0.25, 0.3) is 0 Å². The van der Waals surface area contributed by atoms with E-state index in [0.717, 1.165) is 5.84 Å². The first-order valence-electron chi connectivity index (χ1n) is 4.74. The normalized spacial score (nSPS) is 11.4. The largest absolute Gasteiger partial charge is 0.355 e. The minimum atomic E-state index is 0.329. The predicted octanol–water partition coefficient (Wildman–Crippen LogP) is 2.74. The van der Waals surface area contributed by atoms with Gasteiger partial charge in [-0.3, -0.25) is 5.41 Å². The molecule has 0 spiro atoms. The molecule has 0 rings (SSSR count). The second kappa shape index (κ2) is 4.48. The zero-order chi connectivity index (χ0) is 9.89. The Hall–Kier alpha value is -0.530. The molecule has 0 aromatic carbocycles. The maximum atomic E-state index is 7.89. The predicted molar refractivity (Wildman–Crippen MR) is 54.7 cm³/mol. The molecule has 0 aliphatic carbocycles. The highest BCUT2D eigenvalue weighted by Gasteiger charge is 2.18. The zero-order valence-electron chi connectivity index (χ0n) is 9.18. The lowest BCUT2D eigenvalue weighted by molar-refractivity contribution is 0.278. The second-order valence-electron chi connectivity index (χ2n) is 4.13. The fraction of sp³-hybridized carbons (Fsp3) is 0.900. The van der Waals surface area contributed by atoms with Gasteiger partial charge in [0.1, 0.15) is 0 Å². The molecule has 0 bridgehead atoms. The monoisotopic (exact) mass is 170 g/mol. The van der Waals surface area contributed by atoms with Crippen molar-refractivity contribution in [1.29, 1.82) is 5.41 Å². The van der Waals surface area contributed by atoms with E-state index in [2.05, 4.69) is 46.4 Å². The van der Waals surface area contributed by atoms with Crippen molar-refractivity contribution in [3.05, 3.63) is 0 Å². The number of nitrogens with one attached hydrogen (secondary N) is 1. The smallest absolute Gasteiger partial charge is 0.0988 e. The maximum Gasteiger partial charge on any atom is 0.0988 e. The maximum absolute atomic E-state index is 7.89. The Bertz CT molecular complexity index is 140. The molecule has 2 heteroatoms. The Labute approximate surface area is 76.5 Å². The molecule has 0 aliphatic heterocycles. The van der Waals surface area contributed by atoms with Crippen LogP contribution in [-0.4, -0.2) is 22.8 Å². The minimum Gasteiger partial charge on any atom is -0.355 e. The molecular weight excluding hydrogens is 148 g/mol. The lowest BCUT2D eigenvalue weighted by atomic mass is 10.1. The Morgan fingerprint density at radius 1 is 0.917 bits per heavy atom. The van der Waals surface area contributed by atoms with Gasteiger partial charge < -0.3 is 4.90 Å². The van der Waals surface area contributed by atoms with E-state index in [1.165, 1.54) is 0 Å². The van der Waals surface area contributed by atoms with E-state index in [9.17, 15) is 0 Å². The van der Waals surface area contributed by atoms with Crippen LogP contribution in [0.2, 0.25) is 0 Å². The van der Waals surface area contributed by atoms with E-state index < -0.39 is 0 Å². The summed E-state index contributed by atoms with van der Waals surface area (Å²) >= 11 is 0. The molecule has 0 aromatic rings. The molecule has 0 radical (unpaired) electrons. The molecule has 0 heterocycles. The van der Waals surface area contributed by atoms with Crippen molar-refractivity contribution in [2.45, 2.75) is 53.6 Å². The van der Waals surface area contributed by atoms with Crippen molar-refractivity contribution < 1.29 is 0 Å². The first-order valence-corrected chi connectivity index (χ1v) is 4.74. The first kappa shape index (κ1) is 11.5. The molecule has 0 amide bonds. The van der Waals surface area contributed by atoms with Crippen LogP contribution in [0, 0.1) is 11.3 Å². The van der Waals surface area contributed by atoms with Gasteiger partial charge in [-0.2, -0.15) is 0 Å². The van der Waals surface area contributed by atoms with E-state index in [0.29, 0.717) is 18.0 Å². The highest BCUT2D eigenvalue weighted by molar-refractivity contribution is 5.81. The van der Waals surface area contributed by atoms with E-state index >= 15 is 0 Å².